The summed E-state index contributed by atoms with van der Waals surface area (Å²) in [6.45, 7) is 7.67. The minimum absolute atomic E-state index is 0.0172. The van der Waals surface area contributed by atoms with Gasteiger partial charge in [0.05, 0.1) is 12.7 Å². The molecule has 6 nitrogen and oxygen atoms in total. The van der Waals surface area contributed by atoms with E-state index in [0.29, 0.717) is 36.0 Å². The number of ether oxygens (including phenoxy) is 2. The summed E-state index contributed by atoms with van der Waals surface area (Å²) in [6, 6.07) is 0. The second-order valence-corrected chi connectivity index (χ2v) is 5.87. The fraction of sp³-hybridized carbons (Fsp3) is 0.643. The van der Waals surface area contributed by atoms with Crippen LogP contribution < -0.4 is 21.1 Å². The topological polar surface area (TPSA) is 85.6 Å². The second-order valence-electron chi connectivity index (χ2n) is 4.85. The summed E-state index contributed by atoms with van der Waals surface area (Å²) < 4.78 is 10.8. The molecule has 1 heterocycles. The highest BCUT2D eigenvalue weighted by Crippen LogP contribution is 2.43. The van der Waals surface area contributed by atoms with Crippen molar-refractivity contribution >= 4 is 27.9 Å². The van der Waals surface area contributed by atoms with Gasteiger partial charge in [-0.2, -0.15) is 0 Å². The van der Waals surface area contributed by atoms with E-state index in [0.717, 1.165) is 11.4 Å². The van der Waals surface area contributed by atoms with Crippen molar-refractivity contribution in [3.63, 3.8) is 0 Å². The van der Waals surface area contributed by atoms with Gasteiger partial charge in [0, 0.05) is 20.2 Å². The predicted molar refractivity (Wildman–Crippen MR) is 87.5 cm³/mol. The molecule has 0 spiro atoms. The Balaban J connectivity index is 2.96. The van der Waals surface area contributed by atoms with Crippen molar-refractivity contribution < 1.29 is 14.3 Å². The summed E-state index contributed by atoms with van der Waals surface area (Å²) >= 11 is 1.31. The van der Waals surface area contributed by atoms with Crippen molar-refractivity contribution in [3.8, 4) is 5.75 Å². The summed E-state index contributed by atoms with van der Waals surface area (Å²) in [6.07, 6.45) is 0.863. The molecule has 0 fully saturated rings. The Morgan fingerprint density at radius 3 is 2.67 bits per heavy atom. The first-order chi connectivity index (χ1) is 10.0. The Kier molecular flexibility index (Phi) is 7.31. The fourth-order valence-electron chi connectivity index (χ4n) is 1.65. The fourth-order valence-corrected chi connectivity index (χ4v) is 2.65. The van der Waals surface area contributed by atoms with Gasteiger partial charge in [-0.3, -0.25) is 4.79 Å². The molecule has 0 saturated carbocycles. The van der Waals surface area contributed by atoms with Gasteiger partial charge in [-0.15, -0.1) is 11.3 Å². The maximum absolute atomic E-state index is 12.1. The lowest BCUT2D eigenvalue weighted by molar-refractivity contribution is 0.0958. The van der Waals surface area contributed by atoms with Crippen LogP contribution in [0.15, 0.2) is 0 Å². The number of nitrogens with one attached hydrogen (secondary N) is 2. The van der Waals surface area contributed by atoms with Gasteiger partial charge in [-0.1, -0.05) is 6.92 Å². The number of methoxy groups -OCH3 is 1. The molecule has 1 aromatic rings. The minimum Gasteiger partial charge on any atom is -0.486 e. The molecule has 0 aliphatic rings. The monoisotopic (exact) mass is 315 g/mol. The van der Waals surface area contributed by atoms with Crippen LogP contribution in [0.25, 0.3) is 0 Å². The Bertz CT molecular complexity index is 461. The predicted octanol–water partition coefficient (Wildman–Crippen LogP) is 2.32. The van der Waals surface area contributed by atoms with Gasteiger partial charge in [0.15, 0.2) is 5.75 Å². The number of thiophene rings is 1. The lowest BCUT2D eigenvalue weighted by atomic mass is 10.3. The molecule has 0 aromatic carbocycles. The second kappa shape index (κ2) is 8.74. The SMILES string of the molecule is CCCNC(=O)c1sc(NCCOC)c(OC(C)C)c1N. The van der Waals surface area contributed by atoms with E-state index in [4.69, 9.17) is 15.2 Å². The van der Waals surface area contributed by atoms with E-state index in [2.05, 4.69) is 10.6 Å². The molecular formula is C14H25N3O3S. The highest BCUT2D eigenvalue weighted by atomic mass is 32.1. The molecule has 1 aromatic heterocycles. The highest BCUT2D eigenvalue weighted by Gasteiger charge is 2.22. The highest BCUT2D eigenvalue weighted by molar-refractivity contribution is 7.19. The van der Waals surface area contributed by atoms with E-state index in [1.807, 2.05) is 20.8 Å². The number of rotatable bonds is 9. The zero-order valence-corrected chi connectivity index (χ0v) is 13.9. The summed E-state index contributed by atoms with van der Waals surface area (Å²) in [5.41, 5.74) is 6.47. The molecule has 21 heavy (non-hydrogen) atoms. The number of nitrogen functional groups attached to an aromatic ring is 1. The van der Waals surface area contributed by atoms with Crippen molar-refractivity contribution in [2.75, 3.05) is 37.9 Å². The van der Waals surface area contributed by atoms with Crippen LogP contribution >= 0.6 is 11.3 Å². The summed E-state index contributed by atoms with van der Waals surface area (Å²) in [5, 5.41) is 6.80. The first kappa shape index (κ1) is 17.6. The van der Waals surface area contributed by atoms with Gasteiger partial charge in [-0.05, 0) is 20.3 Å². The number of carbonyl (C=O) groups is 1. The molecule has 4 N–H and O–H groups in total. The molecule has 0 unspecified atom stereocenters. The van der Waals surface area contributed by atoms with Crippen LogP contribution in [-0.2, 0) is 4.74 Å². The zero-order valence-electron chi connectivity index (χ0n) is 13.1. The Morgan fingerprint density at radius 1 is 1.38 bits per heavy atom. The number of amides is 1. The van der Waals surface area contributed by atoms with Gasteiger partial charge in [-0.25, -0.2) is 0 Å². The molecule has 0 bridgehead atoms. The molecule has 120 valence electrons. The van der Waals surface area contributed by atoms with Crippen molar-refractivity contribution in [2.24, 2.45) is 0 Å². The van der Waals surface area contributed by atoms with Crippen LogP contribution in [0.5, 0.6) is 5.75 Å². The Hall–Kier alpha value is -1.47. The lowest BCUT2D eigenvalue weighted by Gasteiger charge is -2.12. The van der Waals surface area contributed by atoms with Crippen LogP contribution in [0.1, 0.15) is 36.9 Å². The first-order valence-corrected chi connectivity index (χ1v) is 7.92. The van der Waals surface area contributed by atoms with Crippen molar-refractivity contribution in [1.29, 1.82) is 0 Å². The normalized spacial score (nSPS) is 10.7. The molecule has 0 aliphatic carbocycles. The van der Waals surface area contributed by atoms with Crippen LogP contribution in [-0.4, -0.2) is 38.8 Å². The maximum atomic E-state index is 12.1. The lowest BCUT2D eigenvalue weighted by Crippen LogP contribution is -2.23. The number of nitrogens with two attached hydrogens (primary N) is 1. The van der Waals surface area contributed by atoms with Crippen LogP contribution in [0, 0.1) is 0 Å². The van der Waals surface area contributed by atoms with Crippen LogP contribution in [0.3, 0.4) is 0 Å². The largest absolute Gasteiger partial charge is 0.486 e. The van der Waals surface area contributed by atoms with Gasteiger partial charge in [0.2, 0.25) is 0 Å². The van der Waals surface area contributed by atoms with Gasteiger partial charge in [0.1, 0.15) is 15.6 Å². The average Bonchev–Trinajstić information content (AvgIpc) is 2.74. The van der Waals surface area contributed by atoms with Crippen molar-refractivity contribution in [2.45, 2.75) is 33.3 Å². The Morgan fingerprint density at radius 2 is 2.10 bits per heavy atom. The van der Waals surface area contributed by atoms with Crippen LogP contribution in [0.2, 0.25) is 0 Å². The van der Waals surface area contributed by atoms with E-state index in [9.17, 15) is 4.79 Å². The molecule has 0 saturated heterocycles. The zero-order chi connectivity index (χ0) is 15.8. The minimum atomic E-state index is -0.159. The molecular weight excluding hydrogens is 290 g/mol. The summed E-state index contributed by atoms with van der Waals surface area (Å²) in [4.78, 5) is 12.6. The summed E-state index contributed by atoms with van der Waals surface area (Å²) in [7, 11) is 1.64. The third-order valence-corrected chi connectivity index (χ3v) is 3.73. The quantitative estimate of drug-likeness (QED) is 0.609. The van der Waals surface area contributed by atoms with Gasteiger partial charge >= 0.3 is 0 Å². The molecule has 1 rings (SSSR count). The smallest absolute Gasteiger partial charge is 0.263 e. The molecule has 0 aliphatic heterocycles. The van der Waals surface area contributed by atoms with Crippen molar-refractivity contribution in [1.82, 2.24) is 5.32 Å². The third kappa shape index (κ3) is 5.09. The van der Waals surface area contributed by atoms with E-state index < -0.39 is 0 Å². The first-order valence-electron chi connectivity index (χ1n) is 7.11. The van der Waals surface area contributed by atoms with Gasteiger partial charge < -0.3 is 25.8 Å². The third-order valence-electron chi connectivity index (χ3n) is 2.59. The van der Waals surface area contributed by atoms with E-state index >= 15 is 0 Å². The summed E-state index contributed by atoms with van der Waals surface area (Å²) in [5.74, 6) is 0.389. The number of hydrogen-bond acceptors (Lipinski definition) is 6. The number of carbonyl (C=O) groups excluding carboxylic acids is 1. The molecule has 0 atom stereocenters. The molecule has 1 amide bonds. The molecule has 0 radical (unpaired) electrons. The van der Waals surface area contributed by atoms with E-state index in [-0.39, 0.29) is 12.0 Å². The maximum Gasteiger partial charge on any atom is 0.263 e. The van der Waals surface area contributed by atoms with Crippen LogP contribution in [0.4, 0.5) is 10.7 Å². The Labute approximate surface area is 130 Å². The number of anilines is 2. The van der Waals surface area contributed by atoms with Crippen molar-refractivity contribution in [3.05, 3.63) is 4.88 Å². The average molecular weight is 315 g/mol. The van der Waals surface area contributed by atoms with Gasteiger partial charge in [0.25, 0.3) is 5.91 Å². The number of hydrogen-bond donors (Lipinski definition) is 3. The standard InChI is InChI=1S/C14H25N3O3S/c1-5-6-16-13(18)12-10(15)11(20-9(2)3)14(21-12)17-7-8-19-4/h9,17H,5-8,15H2,1-4H3,(H,16,18). The van der Waals surface area contributed by atoms with E-state index in [1.165, 1.54) is 11.3 Å². The van der Waals surface area contributed by atoms with E-state index in [1.54, 1.807) is 7.11 Å². The molecule has 7 heteroatoms.